The van der Waals surface area contributed by atoms with E-state index in [4.69, 9.17) is 9.47 Å². The van der Waals surface area contributed by atoms with Crippen LogP contribution < -0.4 is 5.32 Å². The molecule has 2 aliphatic carbocycles. The lowest BCUT2D eigenvalue weighted by atomic mass is 9.82. The van der Waals surface area contributed by atoms with Crippen molar-refractivity contribution < 1.29 is 9.47 Å². The molecule has 0 bridgehead atoms. The maximum atomic E-state index is 5.80. The molecule has 2 saturated carbocycles. The highest BCUT2D eigenvalue weighted by Crippen LogP contribution is 2.41. The Morgan fingerprint density at radius 3 is 2.21 bits per heavy atom. The molecule has 1 N–H and O–H groups in total. The lowest BCUT2D eigenvalue weighted by Crippen LogP contribution is -2.45. The van der Waals surface area contributed by atoms with Crippen molar-refractivity contribution in [1.29, 1.82) is 0 Å². The van der Waals surface area contributed by atoms with Crippen molar-refractivity contribution in [2.24, 2.45) is 5.41 Å². The van der Waals surface area contributed by atoms with Gasteiger partial charge in [-0.05, 0) is 37.5 Å². The van der Waals surface area contributed by atoms with Crippen LogP contribution in [-0.2, 0) is 9.47 Å². The first-order valence-corrected chi connectivity index (χ1v) is 8.27. The fraction of sp³-hybridized carbons (Fsp3) is 1.00. The van der Waals surface area contributed by atoms with Gasteiger partial charge in [0.2, 0.25) is 0 Å². The van der Waals surface area contributed by atoms with Crippen molar-refractivity contribution >= 4 is 0 Å². The zero-order chi connectivity index (χ0) is 13.2. The lowest BCUT2D eigenvalue weighted by molar-refractivity contribution is -0.179. The first-order valence-electron chi connectivity index (χ1n) is 8.27. The Morgan fingerprint density at radius 2 is 1.63 bits per heavy atom. The number of hydrogen-bond donors (Lipinski definition) is 1. The summed E-state index contributed by atoms with van der Waals surface area (Å²) in [7, 11) is 0. The van der Waals surface area contributed by atoms with E-state index in [9.17, 15) is 0 Å². The molecule has 1 aliphatic heterocycles. The van der Waals surface area contributed by atoms with Crippen molar-refractivity contribution in [2.75, 3.05) is 19.8 Å². The molecule has 3 fully saturated rings. The van der Waals surface area contributed by atoms with Gasteiger partial charge in [0.15, 0.2) is 5.79 Å². The Balaban J connectivity index is 1.44. The normalized spacial score (nSPS) is 30.2. The molecule has 0 unspecified atom stereocenters. The third kappa shape index (κ3) is 2.98. The molecule has 110 valence electrons. The summed E-state index contributed by atoms with van der Waals surface area (Å²) in [6.45, 7) is 5.17. The molecule has 0 radical (unpaired) electrons. The molecular weight excluding hydrogens is 238 g/mol. The molecule has 0 atom stereocenters. The van der Waals surface area contributed by atoms with Crippen LogP contribution in [0.5, 0.6) is 0 Å². The first kappa shape index (κ1) is 13.8. The SMILES string of the molecule is CCC1(CNC2CCC3(CC2)OCCO3)CCCC1. The number of nitrogens with one attached hydrogen (secondary N) is 1. The van der Waals surface area contributed by atoms with Crippen LogP contribution in [0, 0.1) is 5.41 Å². The van der Waals surface area contributed by atoms with Crippen LogP contribution in [0.1, 0.15) is 64.7 Å². The first-order chi connectivity index (χ1) is 9.26. The Labute approximate surface area is 117 Å². The van der Waals surface area contributed by atoms with Gasteiger partial charge >= 0.3 is 0 Å². The van der Waals surface area contributed by atoms with E-state index in [0.29, 0.717) is 11.5 Å². The Hall–Kier alpha value is -0.120. The number of ether oxygens (including phenoxy) is 2. The fourth-order valence-corrected chi connectivity index (χ4v) is 4.19. The van der Waals surface area contributed by atoms with Gasteiger partial charge in [-0.1, -0.05) is 19.8 Å². The molecule has 0 aromatic rings. The molecule has 0 aromatic carbocycles. The standard InChI is InChI=1S/C16H29NO2/c1-2-15(7-3-4-8-15)13-17-14-5-9-16(10-6-14)18-11-12-19-16/h14,17H,2-13H2,1H3. The van der Waals surface area contributed by atoms with Gasteiger partial charge in [0.05, 0.1) is 13.2 Å². The molecule has 1 heterocycles. The molecule has 0 amide bonds. The molecule has 3 nitrogen and oxygen atoms in total. The molecule has 1 saturated heterocycles. The van der Waals surface area contributed by atoms with E-state index in [-0.39, 0.29) is 5.79 Å². The Morgan fingerprint density at radius 1 is 1.00 bits per heavy atom. The highest BCUT2D eigenvalue weighted by atomic mass is 16.7. The van der Waals surface area contributed by atoms with Crippen LogP contribution >= 0.6 is 0 Å². The zero-order valence-electron chi connectivity index (χ0n) is 12.4. The summed E-state index contributed by atoms with van der Waals surface area (Å²) in [6, 6.07) is 0.683. The molecule has 3 rings (SSSR count). The van der Waals surface area contributed by atoms with E-state index in [1.165, 1.54) is 51.5 Å². The van der Waals surface area contributed by atoms with E-state index in [2.05, 4.69) is 12.2 Å². The van der Waals surface area contributed by atoms with Gasteiger partial charge in [0.25, 0.3) is 0 Å². The van der Waals surface area contributed by atoms with Crippen molar-refractivity contribution in [1.82, 2.24) is 5.32 Å². The maximum absolute atomic E-state index is 5.80. The minimum Gasteiger partial charge on any atom is -0.348 e. The Bertz CT molecular complexity index is 283. The van der Waals surface area contributed by atoms with Gasteiger partial charge in [-0.15, -0.1) is 0 Å². The zero-order valence-corrected chi connectivity index (χ0v) is 12.4. The molecule has 1 spiro atoms. The summed E-state index contributed by atoms with van der Waals surface area (Å²) in [5, 5.41) is 3.85. The average Bonchev–Trinajstić information content (AvgIpc) is 3.09. The molecule has 0 aromatic heterocycles. The lowest BCUT2D eigenvalue weighted by Gasteiger charge is -2.37. The van der Waals surface area contributed by atoms with E-state index in [1.54, 1.807) is 0 Å². The summed E-state index contributed by atoms with van der Waals surface area (Å²) in [5.41, 5.74) is 0.607. The van der Waals surface area contributed by atoms with Gasteiger partial charge in [0, 0.05) is 25.4 Å². The fourth-order valence-electron chi connectivity index (χ4n) is 4.19. The minimum absolute atomic E-state index is 0.200. The second-order valence-electron chi connectivity index (χ2n) is 6.82. The smallest absolute Gasteiger partial charge is 0.168 e. The summed E-state index contributed by atoms with van der Waals surface area (Å²) in [4.78, 5) is 0. The van der Waals surface area contributed by atoms with Crippen LogP contribution in [-0.4, -0.2) is 31.6 Å². The van der Waals surface area contributed by atoms with Crippen molar-refractivity contribution in [2.45, 2.75) is 76.5 Å². The summed E-state index contributed by atoms with van der Waals surface area (Å²) in [5.74, 6) is -0.200. The number of hydrogen-bond acceptors (Lipinski definition) is 3. The van der Waals surface area contributed by atoms with Gasteiger partial charge in [0.1, 0.15) is 0 Å². The van der Waals surface area contributed by atoms with Crippen LogP contribution in [0.3, 0.4) is 0 Å². The van der Waals surface area contributed by atoms with Gasteiger partial charge in [-0.2, -0.15) is 0 Å². The molecule has 3 heteroatoms. The third-order valence-electron chi connectivity index (χ3n) is 5.74. The summed E-state index contributed by atoms with van der Waals surface area (Å²) >= 11 is 0. The van der Waals surface area contributed by atoms with E-state index >= 15 is 0 Å². The van der Waals surface area contributed by atoms with E-state index in [0.717, 1.165) is 26.1 Å². The van der Waals surface area contributed by atoms with Crippen LogP contribution in [0.25, 0.3) is 0 Å². The van der Waals surface area contributed by atoms with Crippen LogP contribution in [0.15, 0.2) is 0 Å². The predicted octanol–water partition coefficient (Wildman–Crippen LogP) is 3.23. The van der Waals surface area contributed by atoms with Gasteiger partial charge < -0.3 is 14.8 Å². The highest BCUT2D eigenvalue weighted by Gasteiger charge is 2.41. The van der Waals surface area contributed by atoms with Gasteiger partial charge in [-0.3, -0.25) is 0 Å². The molecule has 3 aliphatic rings. The number of rotatable bonds is 4. The monoisotopic (exact) mass is 267 g/mol. The van der Waals surface area contributed by atoms with Crippen LogP contribution in [0.4, 0.5) is 0 Å². The Kier molecular flexibility index (Phi) is 4.16. The van der Waals surface area contributed by atoms with Crippen molar-refractivity contribution in [3.05, 3.63) is 0 Å². The van der Waals surface area contributed by atoms with E-state index < -0.39 is 0 Å². The summed E-state index contributed by atoms with van der Waals surface area (Å²) < 4.78 is 11.6. The third-order valence-corrected chi connectivity index (χ3v) is 5.74. The average molecular weight is 267 g/mol. The van der Waals surface area contributed by atoms with Crippen molar-refractivity contribution in [3.63, 3.8) is 0 Å². The second kappa shape index (κ2) is 5.71. The highest BCUT2D eigenvalue weighted by molar-refractivity contribution is 4.90. The quantitative estimate of drug-likeness (QED) is 0.848. The largest absolute Gasteiger partial charge is 0.348 e. The molecular formula is C16H29NO2. The van der Waals surface area contributed by atoms with Crippen molar-refractivity contribution in [3.8, 4) is 0 Å². The van der Waals surface area contributed by atoms with E-state index in [1.807, 2.05) is 0 Å². The maximum Gasteiger partial charge on any atom is 0.168 e. The predicted molar refractivity (Wildman–Crippen MR) is 76.1 cm³/mol. The van der Waals surface area contributed by atoms with Gasteiger partial charge in [-0.25, -0.2) is 0 Å². The minimum atomic E-state index is -0.200. The van der Waals surface area contributed by atoms with Crippen LogP contribution in [0.2, 0.25) is 0 Å². The molecule has 19 heavy (non-hydrogen) atoms. The topological polar surface area (TPSA) is 30.5 Å². The summed E-state index contributed by atoms with van der Waals surface area (Å²) in [6.07, 6.45) is 11.6. The second-order valence-corrected chi connectivity index (χ2v) is 6.82.